The minimum Gasteiger partial charge on any atom is -0.481 e. The highest BCUT2D eigenvalue weighted by atomic mass is 16.4. The highest BCUT2D eigenvalue weighted by molar-refractivity contribution is 5.85. The second-order valence-corrected chi connectivity index (χ2v) is 4.91. The molecule has 2 rings (SSSR count). The van der Waals surface area contributed by atoms with Gasteiger partial charge in [-0.05, 0) is 25.1 Å². The Bertz CT molecular complexity index is 667. The zero-order valence-corrected chi connectivity index (χ0v) is 14.9. The molecular formula is C18H27N3O4. The fourth-order valence-corrected chi connectivity index (χ4v) is 2.05. The van der Waals surface area contributed by atoms with Crippen LogP contribution in [0.2, 0.25) is 0 Å². The number of rotatable bonds is 7. The number of carboxylic acid groups (broad SMARTS) is 1. The number of carbonyl (C=O) groups is 3. The van der Waals surface area contributed by atoms with Crippen LogP contribution in [0, 0.1) is 0 Å². The van der Waals surface area contributed by atoms with Crippen LogP contribution >= 0.6 is 0 Å². The van der Waals surface area contributed by atoms with Crippen LogP contribution in [0.1, 0.15) is 32.3 Å². The quantitative estimate of drug-likeness (QED) is 0.568. The molecule has 0 unspecified atom stereocenters. The zero-order valence-electron chi connectivity index (χ0n) is 14.9. The number of likely N-dealkylation sites (N-methyl/N-ethyl adjacent to an activating group) is 1. The Morgan fingerprint density at radius 2 is 1.96 bits per heavy atom. The SMILES string of the molecule is CC.CN[C@@H](Cc1c[nH]c2ccccc12)C(N)=O.O=CCCC(=O)O. The number of aromatic nitrogens is 1. The van der Waals surface area contributed by atoms with Crippen LogP contribution in [0.3, 0.4) is 0 Å². The van der Waals surface area contributed by atoms with E-state index < -0.39 is 5.97 Å². The molecule has 0 spiro atoms. The monoisotopic (exact) mass is 349 g/mol. The molecule has 1 atom stereocenters. The first-order valence-corrected chi connectivity index (χ1v) is 8.16. The molecule has 0 bridgehead atoms. The van der Waals surface area contributed by atoms with Crippen molar-refractivity contribution >= 4 is 29.1 Å². The molecule has 0 aliphatic rings. The maximum atomic E-state index is 11.1. The predicted molar refractivity (Wildman–Crippen MR) is 98.3 cm³/mol. The van der Waals surface area contributed by atoms with E-state index >= 15 is 0 Å². The third kappa shape index (κ3) is 8.12. The number of benzene rings is 1. The Kier molecular flexibility index (Phi) is 11.4. The van der Waals surface area contributed by atoms with Crippen molar-refractivity contribution in [3.63, 3.8) is 0 Å². The number of carbonyl (C=O) groups excluding carboxylic acids is 2. The van der Waals surface area contributed by atoms with Gasteiger partial charge in [-0.3, -0.25) is 9.59 Å². The van der Waals surface area contributed by atoms with Gasteiger partial charge in [0.25, 0.3) is 0 Å². The van der Waals surface area contributed by atoms with Crippen LogP contribution < -0.4 is 11.1 Å². The highest BCUT2D eigenvalue weighted by Gasteiger charge is 2.15. The molecule has 5 N–H and O–H groups in total. The second-order valence-electron chi connectivity index (χ2n) is 4.91. The summed E-state index contributed by atoms with van der Waals surface area (Å²) in [5.41, 5.74) is 7.48. The molecule has 1 aromatic carbocycles. The van der Waals surface area contributed by atoms with Crippen LogP contribution in [0.25, 0.3) is 10.9 Å². The fourth-order valence-electron chi connectivity index (χ4n) is 2.05. The molecule has 7 heteroatoms. The van der Waals surface area contributed by atoms with Gasteiger partial charge in [0, 0.05) is 23.5 Å². The van der Waals surface area contributed by atoms with Gasteiger partial charge in [-0.1, -0.05) is 32.0 Å². The number of nitrogens with two attached hydrogens (primary N) is 1. The molecule has 0 aliphatic heterocycles. The standard InChI is InChI=1S/C12H15N3O.C4H6O3.C2H6/c1-14-11(12(13)16)6-8-7-15-10-5-3-2-4-9(8)10;5-3-1-2-4(6)7;1-2/h2-5,7,11,14-15H,6H2,1H3,(H2,13,16);3H,1-2H2,(H,6,7);1-2H3/t11-;;/m0../s1. The van der Waals surface area contributed by atoms with Gasteiger partial charge in [-0.15, -0.1) is 0 Å². The summed E-state index contributed by atoms with van der Waals surface area (Å²) in [5, 5.41) is 11.9. The Balaban J connectivity index is 0.000000544. The number of primary amides is 1. The van der Waals surface area contributed by atoms with Crippen molar-refractivity contribution < 1.29 is 19.5 Å². The van der Waals surface area contributed by atoms with Gasteiger partial charge >= 0.3 is 5.97 Å². The number of aldehydes is 1. The number of fused-ring (bicyclic) bond motifs is 1. The van der Waals surface area contributed by atoms with Crippen molar-refractivity contribution in [2.24, 2.45) is 5.73 Å². The third-order valence-electron chi connectivity index (χ3n) is 3.27. The number of carboxylic acids is 1. The van der Waals surface area contributed by atoms with E-state index in [0.717, 1.165) is 16.5 Å². The Morgan fingerprint density at radius 3 is 2.44 bits per heavy atom. The Labute approximate surface area is 147 Å². The maximum absolute atomic E-state index is 11.1. The lowest BCUT2D eigenvalue weighted by Crippen LogP contribution is -2.40. The average molecular weight is 349 g/mol. The first-order valence-electron chi connectivity index (χ1n) is 8.16. The van der Waals surface area contributed by atoms with E-state index in [1.165, 1.54) is 0 Å². The van der Waals surface area contributed by atoms with Crippen LogP contribution in [-0.4, -0.2) is 41.3 Å². The van der Waals surface area contributed by atoms with E-state index in [4.69, 9.17) is 10.8 Å². The summed E-state index contributed by atoms with van der Waals surface area (Å²) < 4.78 is 0. The van der Waals surface area contributed by atoms with Gasteiger partial charge in [0.15, 0.2) is 0 Å². The normalized spacial score (nSPS) is 10.7. The number of hydrogen-bond donors (Lipinski definition) is 4. The van der Waals surface area contributed by atoms with Crippen molar-refractivity contribution in [2.75, 3.05) is 7.05 Å². The Morgan fingerprint density at radius 1 is 1.32 bits per heavy atom. The maximum Gasteiger partial charge on any atom is 0.303 e. The van der Waals surface area contributed by atoms with E-state index in [1.807, 2.05) is 44.3 Å². The highest BCUT2D eigenvalue weighted by Crippen LogP contribution is 2.18. The van der Waals surface area contributed by atoms with Gasteiger partial charge in [-0.2, -0.15) is 0 Å². The van der Waals surface area contributed by atoms with E-state index in [-0.39, 0.29) is 24.8 Å². The predicted octanol–water partition coefficient (Wildman–Crippen LogP) is 1.86. The minimum absolute atomic E-state index is 0.0521. The van der Waals surface area contributed by atoms with E-state index in [1.54, 1.807) is 7.05 Å². The molecule has 25 heavy (non-hydrogen) atoms. The molecule has 7 nitrogen and oxygen atoms in total. The van der Waals surface area contributed by atoms with Crippen molar-refractivity contribution in [3.05, 3.63) is 36.0 Å². The summed E-state index contributed by atoms with van der Waals surface area (Å²) in [7, 11) is 1.74. The summed E-state index contributed by atoms with van der Waals surface area (Å²) in [4.78, 5) is 33.4. The summed E-state index contributed by atoms with van der Waals surface area (Å²) in [6.45, 7) is 4.00. The molecular weight excluding hydrogens is 322 g/mol. The minimum atomic E-state index is -0.924. The molecule has 138 valence electrons. The molecule has 0 aliphatic carbocycles. The molecule has 0 radical (unpaired) electrons. The molecule has 1 heterocycles. The van der Waals surface area contributed by atoms with Gasteiger partial charge < -0.3 is 25.9 Å². The molecule has 1 aromatic heterocycles. The lowest BCUT2D eigenvalue weighted by Gasteiger charge is -2.10. The van der Waals surface area contributed by atoms with E-state index in [0.29, 0.717) is 12.7 Å². The zero-order chi connectivity index (χ0) is 19.2. The molecule has 0 fully saturated rings. The van der Waals surface area contributed by atoms with Gasteiger partial charge in [0.1, 0.15) is 6.29 Å². The number of nitrogens with one attached hydrogen (secondary N) is 2. The summed E-state index contributed by atoms with van der Waals surface area (Å²) >= 11 is 0. The van der Waals surface area contributed by atoms with Gasteiger partial charge in [0.2, 0.25) is 5.91 Å². The summed E-state index contributed by atoms with van der Waals surface area (Å²) in [6, 6.07) is 7.69. The lowest BCUT2D eigenvalue weighted by molar-refractivity contribution is -0.137. The second kappa shape index (κ2) is 12.7. The summed E-state index contributed by atoms with van der Waals surface area (Å²) in [5.74, 6) is -1.25. The molecule has 1 amide bonds. The smallest absolute Gasteiger partial charge is 0.303 e. The first-order chi connectivity index (χ1) is 12.0. The van der Waals surface area contributed by atoms with Crippen LogP contribution in [0.5, 0.6) is 0 Å². The Hall–Kier alpha value is -2.67. The van der Waals surface area contributed by atoms with Gasteiger partial charge in [0.05, 0.1) is 12.5 Å². The largest absolute Gasteiger partial charge is 0.481 e. The molecule has 2 aromatic rings. The van der Waals surface area contributed by atoms with Crippen LogP contribution in [-0.2, 0) is 20.8 Å². The third-order valence-corrected chi connectivity index (χ3v) is 3.27. The fraction of sp³-hybridized carbons (Fsp3) is 0.389. The molecule has 0 saturated carbocycles. The number of hydrogen-bond acceptors (Lipinski definition) is 4. The number of amides is 1. The van der Waals surface area contributed by atoms with Crippen molar-refractivity contribution in [1.82, 2.24) is 10.3 Å². The molecule has 0 saturated heterocycles. The van der Waals surface area contributed by atoms with Crippen molar-refractivity contribution in [3.8, 4) is 0 Å². The van der Waals surface area contributed by atoms with Crippen molar-refractivity contribution in [2.45, 2.75) is 39.2 Å². The lowest BCUT2D eigenvalue weighted by atomic mass is 10.0. The number of H-pyrrole nitrogens is 1. The first kappa shape index (κ1) is 22.3. The van der Waals surface area contributed by atoms with Gasteiger partial charge in [-0.25, -0.2) is 0 Å². The summed E-state index contributed by atoms with van der Waals surface area (Å²) in [6.07, 6.45) is 3.20. The van der Waals surface area contributed by atoms with Crippen LogP contribution in [0.4, 0.5) is 0 Å². The topological polar surface area (TPSA) is 125 Å². The number of aliphatic carboxylic acids is 1. The number of aromatic amines is 1. The van der Waals surface area contributed by atoms with E-state index in [2.05, 4.69) is 10.3 Å². The average Bonchev–Trinajstić information content (AvgIpc) is 3.03. The van der Waals surface area contributed by atoms with Crippen LogP contribution in [0.15, 0.2) is 30.5 Å². The van der Waals surface area contributed by atoms with E-state index in [9.17, 15) is 14.4 Å². The number of para-hydroxylation sites is 1. The van der Waals surface area contributed by atoms with Crippen molar-refractivity contribution in [1.29, 1.82) is 0 Å².